The van der Waals surface area contributed by atoms with Crippen LogP contribution in [0, 0.1) is 0 Å². The summed E-state index contributed by atoms with van der Waals surface area (Å²) < 4.78 is 5.48. The molecule has 0 saturated carbocycles. The molecule has 0 radical (unpaired) electrons. The molecule has 1 aliphatic heterocycles. The van der Waals surface area contributed by atoms with E-state index in [4.69, 9.17) is 4.74 Å². The summed E-state index contributed by atoms with van der Waals surface area (Å²) in [5.74, 6) is 0. The topological polar surface area (TPSA) is 41.5 Å². The van der Waals surface area contributed by atoms with Gasteiger partial charge in [0.05, 0.1) is 18.2 Å². The molecule has 1 heterocycles. The van der Waals surface area contributed by atoms with E-state index < -0.39 is 5.60 Å². The van der Waals surface area contributed by atoms with Crippen molar-refractivity contribution in [3.63, 3.8) is 0 Å². The van der Waals surface area contributed by atoms with E-state index in [2.05, 4.69) is 11.9 Å². The molecule has 0 bridgehead atoms. The van der Waals surface area contributed by atoms with Gasteiger partial charge in [-0.2, -0.15) is 0 Å². The second-order valence-electron chi connectivity index (χ2n) is 4.37. The van der Waals surface area contributed by atoms with Crippen molar-refractivity contribution in [1.29, 1.82) is 0 Å². The summed E-state index contributed by atoms with van der Waals surface area (Å²) in [6, 6.07) is -0.0134. The van der Waals surface area contributed by atoms with Gasteiger partial charge in [-0.1, -0.05) is 6.08 Å². The van der Waals surface area contributed by atoms with E-state index in [1.807, 2.05) is 13.8 Å². The molecule has 0 aromatic rings. The molecule has 1 aliphatic rings. The van der Waals surface area contributed by atoms with Crippen LogP contribution in [0.25, 0.3) is 0 Å². The fourth-order valence-corrected chi connectivity index (χ4v) is 1.56. The molecular formula is C10H19NO2. The maximum atomic E-state index is 10.0. The van der Waals surface area contributed by atoms with Gasteiger partial charge < -0.3 is 9.84 Å². The molecular weight excluding hydrogens is 166 g/mol. The Morgan fingerprint density at radius 3 is 2.77 bits per heavy atom. The highest BCUT2D eigenvalue weighted by molar-refractivity contribution is 4.97. The minimum absolute atomic E-state index is 0.0134. The maximum Gasteiger partial charge on any atom is 0.114 e. The van der Waals surface area contributed by atoms with Crippen LogP contribution >= 0.6 is 0 Å². The van der Waals surface area contributed by atoms with E-state index in [9.17, 15) is 5.11 Å². The van der Waals surface area contributed by atoms with E-state index in [1.54, 1.807) is 13.0 Å². The number of rotatable bonds is 3. The van der Waals surface area contributed by atoms with Crippen LogP contribution < -0.4 is 5.32 Å². The Bertz CT molecular complexity index is 199. The molecule has 3 nitrogen and oxygen atoms in total. The summed E-state index contributed by atoms with van der Waals surface area (Å²) >= 11 is 0. The second kappa shape index (κ2) is 3.40. The van der Waals surface area contributed by atoms with Gasteiger partial charge >= 0.3 is 0 Å². The molecule has 2 unspecified atom stereocenters. The first-order valence-electron chi connectivity index (χ1n) is 4.62. The fourth-order valence-electron chi connectivity index (χ4n) is 1.56. The predicted molar refractivity (Wildman–Crippen MR) is 52.4 cm³/mol. The van der Waals surface area contributed by atoms with Gasteiger partial charge in [0, 0.05) is 0 Å². The summed E-state index contributed by atoms with van der Waals surface area (Å²) in [6.07, 6.45) is 2.30. The van der Waals surface area contributed by atoms with Gasteiger partial charge in [0.25, 0.3) is 0 Å². The smallest absolute Gasteiger partial charge is 0.114 e. The van der Waals surface area contributed by atoms with Gasteiger partial charge in [0.2, 0.25) is 0 Å². The van der Waals surface area contributed by atoms with Crippen LogP contribution in [0.5, 0.6) is 0 Å². The monoisotopic (exact) mass is 185 g/mol. The average Bonchev–Trinajstić information content (AvgIpc) is 2.30. The Balaban J connectivity index is 2.59. The Kier molecular flexibility index (Phi) is 2.80. The standard InChI is InChI=1S/C10H19NO2/c1-5-6-10(4,12)8-7-13-9(2,3)11-8/h5,8,11-12H,1,6-7H2,2-4H3. The zero-order chi connectivity index (χ0) is 10.1. The van der Waals surface area contributed by atoms with Crippen LogP contribution in [0.2, 0.25) is 0 Å². The maximum absolute atomic E-state index is 10.0. The number of aliphatic hydroxyl groups is 1. The normalized spacial score (nSPS) is 31.2. The van der Waals surface area contributed by atoms with E-state index >= 15 is 0 Å². The Morgan fingerprint density at radius 2 is 2.38 bits per heavy atom. The van der Waals surface area contributed by atoms with Crippen molar-refractivity contribution in [3.8, 4) is 0 Å². The predicted octanol–water partition coefficient (Wildman–Crippen LogP) is 1.04. The molecule has 1 fully saturated rings. The number of nitrogens with one attached hydrogen (secondary N) is 1. The molecule has 0 aromatic heterocycles. The van der Waals surface area contributed by atoms with Crippen molar-refractivity contribution >= 4 is 0 Å². The Labute approximate surface area is 79.8 Å². The van der Waals surface area contributed by atoms with Crippen LogP contribution in [-0.4, -0.2) is 29.1 Å². The number of ether oxygens (including phenoxy) is 1. The first kappa shape index (κ1) is 10.7. The molecule has 1 rings (SSSR count). The molecule has 1 saturated heterocycles. The summed E-state index contributed by atoms with van der Waals surface area (Å²) in [7, 11) is 0. The number of hydrogen-bond acceptors (Lipinski definition) is 3. The highest BCUT2D eigenvalue weighted by Crippen LogP contribution is 2.24. The summed E-state index contributed by atoms with van der Waals surface area (Å²) in [5, 5.41) is 13.3. The molecule has 0 aromatic carbocycles. The lowest BCUT2D eigenvalue weighted by molar-refractivity contribution is 0.0159. The summed E-state index contributed by atoms with van der Waals surface area (Å²) in [5.41, 5.74) is -1.09. The third-order valence-corrected chi connectivity index (χ3v) is 2.44. The van der Waals surface area contributed by atoms with Gasteiger partial charge in [-0.25, -0.2) is 0 Å². The third-order valence-electron chi connectivity index (χ3n) is 2.44. The van der Waals surface area contributed by atoms with Gasteiger partial charge in [-0.05, 0) is 27.2 Å². The minimum atomic E-state index is -0.768. The Morgan fingerprint density at radius 1 is 1.77 bits per heavy atom. The number of hydrogen-bond donors (Lipinski definition) is 2. The van der Waals surface area contributed by atoms with Crippen molar-refractivity contribution < 1.29 is 9.84 Å². The zero-order valence-corrected chi connectivity index (χ0v) is 8.63. The van der Waals surface area contributed by atoms with Crippen LogP contribution in [0.4, 0.5) is 0 Å². The lowest BCUT2D eigenvalue weighted by Crippen LogP contribution is -2.50. The summed E-state index contributed by atoms with van der Waals surface area (Å²) in [6.45, 7) is 9.89. The third kappa shape index (κ3) is 2.53. The lowest BCUT2D eigenvalue weighted by atomic mass is 9.93. The van der Waals surface area contributed by atoms with Crippen LogP contribution in [-0.2, 0) is 4.74 Å². The van der Waals surface area contributed by atoms with Crippen molar-refractivity contribution in [2.24, 2.45) is 0 Å². The quantitative estimate of drug-likeness (QED) is 0.645. The van der Waals surface area contributed by atoms with Crippen LogP contribution in [0.3, 0.4) is 0 Å². The lowest BCUT2D eigenvalue weighted by Gasteiger charge is -2.29. The van der Waals surface area contributed by atoms with Gasteiger partial charge in [-0.3, -0.25) is 5.32 Å². The van der Waals surface area contributed by atoms with Crippen molar-refractivity contribution in [2.45, 2.75) is 44.6 Å². The summed E-state index contributed by atoms with van der Waals surface area (Å²) in [4.78, 5) is 0. The minimum Gasteiger partial charge on any atom is -0.388 e. The Hall–Kier alpha value is -0.380. The first-order chi connectivity index (χ1) is 5.87. The molecule has 0 amide bonds. The van der Waals surface area contributed by atoms with E-state index in [0.717, 1.165) is 0 Å². The SMILES string of the molecule is C=CCC(C)(O)C1COC(C)(C)N1. The highest BCUT2D eigenvalue weighted by Gasteiger charge is 2.40. The van der Waals surface area contributed by atoms with Crippen LogP contribution in [0.1, 0.15) is 27.2 Å². The van der Waals surface area contributed by atoms with Gasteiger partial charge in [-0.15, -0.1) is 6.58 Å². The van der Waals surface area contributed by atoms with Gasteiger partial charge in [0.1, 0.15) is 5.72 Å². The second-order valence-corrected chi connectivity index (χ2v) is 4.37. The van der Waals surface area contributed by atoms with Crippen molar-refractivity contribution in [3.05, 3.63) is 12.7 Å². The molecule has 2 atom stereocenters. The van der Waals surface area contributed by atoms with Crippen molar-refractivity contribution in [2.75, 3.05) is 6.61 Å². The molecule has 76 valence electrons. The van der Waals surface area contributed by atoms with Gasteiger partial charge in [0.15, 0.2) is 0 Å². The van der Waals surface area contributed by atoms with Crippen molar-refractivity contribution in [1.82, 2.24) is 5.32 Å². The first-order valence-corrected chi connectivity index (χ1v) is 4.62. The molecule has 2 N–H and O–H groups in total. The average molecular weight is 185 g/mol. The van der Waals surface area contributed by atoms with E-state index in [0.29, 0.717) is 13.0 Å². The molecule has 0 spiro atoms. The molecule has 0 aliphatic carbocycles. The highest BCUT2D eigenvalue weighted by atomic mass is 16.5. The fraction of sp³-hybridized carbons (Fsp3) is 0.800. The van der Waals surface area contributed by atoms with Crippen LogP contribution in [0.15, 0.2) is 12.7 Å². The van der Waals surface area contributed by atoms with E-state index in [1.165, 1.54) is 0 Å². The molecule has 13 heavy (non-hydrogen) atoms. The zero-order valence-electron chi connectivity index (χ0n) is 8.63. The molecule has 3 heteroatoms. The van der Waals surface area contributed by atoms with E-state index in [-0.39, 0.29) is 11.8 Å². The largest absolute Gasteiger partial charge is 0.388 e.